The Bertz CT molecular complexity index is 323. The third kappa shape index (κ3) is 5.76. The zero-order chi connectivity index (χ0) is 12.5. The molecule has 1 heterocycles. The van der Waals surface area contributed by atoms with E-state index in [4.69, 9.17) is 10.5 Å². The van der Waals surface area contributed by atoms with E-state index in [1.165, 1.54) is 8.47 Å². The van der Waals surface area contributed by atoms with Crippen molar-refractivity contribution in [2.75, 3.05) is 17.8 Å². The highest BCUT2D eigenvalue weighted by Crippen LogP contribution is 2.57. The Hall–Kier alpha value is 0.470. The van der Waals surface area contributed by atoms with E-state index < -0.39 is 0 Å². The summed E-state index contributed by atoms with van der Waals surface area (Å²) >= 11 is 9.16. The fourth-order valence-electron chi connectivity index (χ4n) is 0.956. The molecule has 0 saturated heterocycles. The average Bonchev–Trinajstić information content (AvgIpc) is 2.73. The summed E-state index contributed by atoms with van der Waals surface area (Å²) in [7, 11) is 0. The highest BCUT2D eigenvalue weighted by Gasteiger charge is 2.25. The van der Waals surface area contributed by atoms with E-state index in [1.54, 1.807) is 23.5 Å². The Balaban J connectivity index is 2.47. The van der Waals surface area contributed by atoms with Crippen molar-refractivity contribution < 1.29 is 0 Å². The summed E-state index contributed by atoms with van der Waals surface area (Å²) in [5.41, 5.74) is 0. The molecular weight excluding hydrogens is 308 g/mol. The van der Waals surface area contributed by atoms with Crippen LogP contribution < -0.4 is 0 Å². The second kappa shape index (κ2) is 9.41. The summed E-state index contributed by atoms with van der Waals surface area (Å²) < 4.78 is 3.21. The summed E-state index contributed by atoms with van der Waals surface area (Å²) in [4.78, 5) is 0. The zero-order valence-corrected chi connectivity index (χ0v) is 13.4. The van der Waals surface area contributed by atoms with Crippen molar-refractivity contribution in [1.82, 2.24) is 0 Å². The SMILES string of the molecule is CSC1SC(SCCC#N)=C(SCCC#N)S1. The highest BCUT2D eigenvalue weighted by molar-refractivity contribution is 8.44. The van der Waals surface area contributed by atoms with Gasteiger partial charge in [-0.25, -0.2) is 0 Å². The molecule has 0 atom stereocenters. The Kier molecular flexibility index (Phi) is 8.59. The van der Waals surface area contributed by atoms with Crippen molar-refractivity contribution in [3.8, 4) is 12.1 Å². The van der Waals surface area contributed by atoms with E-state index >= 15 is 0 Å². The molecule has 0 radical (unpaired) electrons. The molecule has 2 nitrogen and oxygen atoms in total. The van der Waals surface area contributed by atoms with Gasteiger partial charge in [-0.05, 0) is 6.26 Å². The van der Waals surface area contributed by atoms with Crippen molar-refractivity contribution in [3.63, 3.8) is 0 Å². The van der Waals surface area contributed by atoms with E-state index in [1.807, 2.05) is 35.3 Å². The van der Waals surface area contributed by atoms with Gasteiger partial charge in [0.2, 0.25) is 0 Å². The van der Waals surface area contributed by atoms with Crippen LogP contribution in [0.3, 0.4) is 0 Å². The van der Waals surface area contributed by atoms with Crippen LogP contribution in [-0.2, 0) is 0 Å². The van der Waals surface area contributed by atoms with Crippen molar-refractivity contribution in [3.05, 3.63) is 8.47 Å². The van der Waals surface area contributed by atoms with Gasteiger partial charge >= 0.3 is 0 Å². The van der Waals surface area contributed by atoms with E-state index in [0.717, 1.165) is 11.5 Å². The van der Waals surface area contributed by atoms with Crippen molar-refractivity contribution >= 4 is 58.8 Å². The number of thioether (sulfide) groups is 5. The summed E-state index contributed by atoms with van der Waals surface area (Å²) in [6.45, 7) is 0. The Labute approximate surface area is 124 Å². The monoisotopic (exact) mass is 320 g/mol. The first-order valence-corrected chi connectivity index (χ1v) is 9.93. The second-order valence-electron chi connectivity index (χ2n) is 2.85. The fraction of sp³-hybridized carbons (Fsp3) is 0.600. The molecule has 0 bridgehead atoms. The Morgan fingerprint density at radius 3 is 1.88 bits per heavy atom. The maximum absolute atomic E-state index is 8.54. The largest absolute Gasteiger partial charge is 0.198 e. The maximum atomic E-state index is 8.54. The number of nitrogens with zero attached hydrogens (tertiary/aromatic N) is 2. The molecule has 1 rings (SSSR count). The molecule has 0 aromatic carbocycles. The van der Waals surface area contributed by atoms with Gasteiger partial charge in [0.25, 0.3) is 0 Å². The molecule has 17 heavy (non-hydrogen) atoms. The quantitative estimate of drug-likeness (QED) is 0.638. The predicted molar refractivity (Wildman–Crippen MR) is 84.9 cm³/mol. The summed E-state index contributed by atoms with van der Waals surface area (Å²) in [5.74, 6) is 1.73. The molecule has 1 aliphatic heterocycles. The smallest absolute Gasteiger partial charge is 0.106 e. The van der Waals surface area contributed by atoms with Gasteiger partial charge in [0.1, 0.15) is 3.91 Å². The normalized spacial score (nSPS) is 15.9. The minimum atomic E-state index is 0.532. The molecule has 1 aliphatic rings. The number of hydrogen-bond acceptors (Lipinski definition) is 7. The first-order valence-electron chi connectivity index (χ1n) is 4.91. The molecule has 0 aliphatic carbocycles. The van der Waals surface area contributed by atoms with Gasteiger partial charge in [-0.2, -0.15) is 10.5 Å². The van der Waals surface area contributed by atoms with Crippen LogP contribution in [0.2, 0.25) is 0 Å². The lowest BCUT2D eigenvalue weighted by atomic mass is 10.6. The maximum Gasteiger partial charge on any atom is 0.106 e. The summed E-state index contributed by atoms with van der Waals surface area (Å²) in [6.07, 6.45) is 3.31. The minimum absolute atomic E-state index is 0.532. The molecule has 0 N–H and O–H groups in total. The average molecular weight is 321 g/mol. The Morgan fingerprint density at radius 1 is 1.06 bits per heavy atom. The van der Waals surface area contributed by atoms with E-state index in [-0.39, 0.29) is 0 Å². The molecular formula is C10H12N2S5. The number of rotatable bonds is 7. The van der Waals surface area contributed by atoms with Gasteiger partial charge in [-0.1, -0.05) is 23.5 Å². The van der Waals surface area contributed by atoms with Crippen LogP contribution in [-0.4, -0.2) is 21.7 Å². The van der Waals surface area contributed by atoms with E-state index in [9.17, 15) is 0 Å². The van der Waals surface area contributed by atoms with Crippen molar-refractivity contribution in [1.29, 1.82) is 10.5 Å². The molecule has 0 fully saturated rings. The van der Waals surface area contributed by atoms with Crippen LogP contribution in [0, 0.1) is 22.7 Å². The molecule has 0 spiro atoms. The summed E-state index contributed by atoms with van der Waals surface area (Å²) in [6, 6.07) is 4.34. The molecule has 0 amide bonds. The molecule has 0 aromatic heterocycles. The highest BCUT2D eigenvalue weighted by atomic mass is 32.3. The molecule has 92 valence electrons. The van der Waals surface area contributed by atoms with Crippen molar-refractivity contribution in [2.24, 2.45) is 0 Å². The van der Waals surface area contributed by atoms with Crippen LogP contribution >= 0.6 is 58.8 Å². The topological polar surface area (TPSA) is 47.6 Å². The van der Waals surface area contributed by atoms with Crippen molar-refractivity contribution in [2.45, 2.75) is 16.8 Å². The van der Waals surface area contributed by atoms with Crippen LogP contribution in [0.25, 0.3) is 0 Å². The lowest BCUT2D eigenvalue weighted by molar-refractivity contribution is 1.24. The lowest BCUT2D eigenvalue weighted by Crippen LogP contribution is -1.80. The van der Waals surface area contributed by atoms with Gasteiger partial charge in [0, 0.05) is 24.3 Å². The molecule has 7 heteroatoms. The minimum Gasteiger partial charge on any atom is -0.198 e. The molecule has 0 aromatic rings. The fourth-order valence-corrected chi connectivity index (χ4v) is 8.25. The van der Waals surface area contributed by atoms with Gasteiger partial charge in [0.05, 0.1) is 20.6 Å². The number of hydrogen-bond donors (Lipinski definition) is 0. The standard InChI is InChI=1S/C10H12N2S5/c1-13-10-16-8(14-6-2-4-11)9(17-10)15-7-3-5-12/h10H,2-3,6-7H2,1H3. The van der Waals surface area contributed by atoms with Crippen LogP contribution in [0.4, 0.5) is 0 Å². The lowest BCUT2D eigenvalue weighted by Gasteiger charge is -2.02. The van der Waals surface area contributed by atoms with Gasteiger partial charge in [-0.3, -0.25) is 0 Å². The molecule has 0 unspecified atom stereocenters. The van der Waals surface area contributed by atoms with Crippen LogP contribution in [0.5, 0.6) is 0 Å². The third-order valence-corrected chi connectivity index (χ3v) is 9.13. The van der Waals surface area contributed by atoms with Gasteiger partial charge in [0.15, 0.2) is 0 Å². The summed E-state index contributed by atoms with van der Waals surface area (Å²) in [5, 5.41) is 17.1. The van der Waals surface area contributed by atoms with Crippen LogP contribution in [0.15, 0.2) is 8.47 Å². The van der Waals surface area contributed by atoms with Crippen LogP contribution in [0.1, 0.15) is 12.8 Å². The van der Waals surface area contributed by atoms with Gasteiger partial charge < -0.3 is 0 Å². The second-order valence-corrected chi connectivity index (χ2v) is 9.64. The Morgan fingerprint density at radius 2 is 1.53 bits per heavy atom. The third-order valence-electron chi connectivity index (χ3n) is 1.66. The first kappa shape index (κ1) is 15.5. The van der Waals surface area contributed by atoms with E-state index in [2.05, 4.69) is 18.4 Å². The van der Waals surface area contributed by atoms with Gasteiger partial charge in [-0.15, -0.1) is 35.3 Å². The first-order chi connectivity index (χ1) is 8.31. The zero-order valence-electron chi connectivity index (χ0n) is 9.34. The predicted octanol–water partition coefficient (Wildman–Crippen LogP) is 4.53. The number of nitriles is 2. The molecule has 0 saturated carbocycles. The van der Waals surface area contributed by atoms with E-state index in [0.29, 0.717) is 16.8 Å².